The van der Waals surface area contributed by atoms with E-state index >= 15 is 0 Å². The first-order chi connectivity index (χ1) is 14.7. The van der Waals surface area contributed by atoms with Gasteiger partial charge >= 0.3 is 0 Å². The van der Waals surface area contributed by atoms with Gasteiger partial charge in [0, 0.05) is 21.2 Å². The molecule has 1 heterocycles. The van der Waals surface area contributed by atoms with E-state index in [2.05, 4.69) is 28.6 Å². The maximum atomic E-state index is 11.1. The molecule has 0 radical (unpaired) electrons. The summed E-state index contributed by atoms with van der Waals surface area (Å²) in [5.74, 6) is 1.23. The van der Waals surface area contributed by atoms with Gasteiger partial charge in [-0.2, -0.15) is 0 Å². The Morgan fingerprint density at radius 3 is 2.50 bits per heavy atom. The molecule has 3 aromatic carbocycles. The molecule has 0 aliphatic heterocycles. The molecule has 0 amide bonds. The predicted octanol–water partition coefficient (Wildman–Crippen LogP) is 6.89. The van der Waals surface area contributed by atoms with Crippen LogP contribution in [0.25, 0.3) is 10.1 Å². The summed E-state index contributed by atoms with van der Waals surface area (Å²) in [5, 5.41) is 12.3. The molecule has 1 atom stereocenters. The molecular weight excluding hydrogens is 460 g/mol. The first-order valence-corrected chi connectivity index (χ1v) is 11.2. The van der Waals surface area contributed by atoms with E-state index in [-0.39, 0.29) is 0 Å². The number of halogens is 1. The minimum Gasteiger partial charge on any atom is -0.489 e. The van der Waals surface area contributed by atoms with Crippen molar-refractivity contribution in [3.8, 4) is 11.5 Å². The minimum absolute atomic E-state index is 0.339. The Morgan fingerprint density at radius 1 is 0.967 bits per heavy atom. The molecule has 1 unspecified atom stereocenters. The second kappa shape index (κ2) is 9.47. The zero-order chi connectivity index (χ0) is 20.9. The number of aliphatic hydroxyl groups is 1. The fourth-order valence-electron chi connectivity index (χ4n) is 3.17. The zero-order valence-corrected chi connectivity index (χ0v) is 18.7. The number of benzene rings is 3. The van der Waals surface area contributed by atoms with Gasteiger partial charge < -0.3 is 14.6 Å². The highest BCUT2D eigenvalue weighted by Crippen LogP contribution is 2.41. The molecule has 0 aliphatic rings. The highest BCUT2D eigenvalue weighted by Gasteiger charge is 2.21. The molecule has 3 nitrogen and oxygen atoms in total. The predicted molar refractivity (Wildman–Crippen MR) is 126 cm³/mol. The van der Waals surface area contributed by atoms with E-state index in [9.17, 15) is 5.11 Å². The number of aliphatic hydroxyl groups excluding tert-OH is 1. The average Bonchev–Trinajstić information content (AvgIpc) is 3.21. The van der Waals surface area contributed by atoms with Crippen molar-refractivity contribution < 1.29 is 14.6 Å². The summed E-state index contributed by atoms with van der Waals surface area (Å²) < 4.78 is 13.8. The second-order valence-corrected chi connectivity index (χ2v) is 8.75. The molecule has 1 aromatic heterocycles. The van der Waals surface area contributed by atoms with Crippen molar-refractivity contribution >= 4 is 37.4 Å². The molecule has 1 N–H and O–H groups in total. The summed E-state index contributed by atoms with van der Waals surface area (Å²) in [4.78, 5) is 0.865. The number of hydrogen-bond acceptors (Lipinski definition) is 4. The Morgan fingerprint density at radius 2 is 1.73 bits per heavy atom. The van der Waals surface area contributed by atoms with Gasteiger partial charge in [0.25, 0.3) is 0 Å². The minimum atomic E-state index is -0.804. The lowest BCUT2D eigenvalue weighted by Crippen LogP contribution is -2.05. The topological polar surface area (TPSA) is 38.7 Å². The fraction of sp³-hybridized carbons (Fsp3) is 0.120. The van der Waals surface area contributed by atoms with Crippen LogP contribution in [0.15, 0.2) is 89.9 Å². The van der Waals surface area contributed by atoms with Gasteiger partial charge in [0.05, 0.1) is 4.47 Å². The zero-order valence-electron chi connectivity index (χ0n) is 16.3. The molecule has 0 fully saturated rings. The number of ether oxygens (including phenoxy) is 2. The molecular formula is C25H21BrO3S. The maximum absolute atomic E-state index is 11.1. The van der Waals surface area contributed by atoms with Crippen molar-refractivity contribution in [2.75, 3.05) is 6.61 Å². The van der Waals surface area contributed by atoms with Crippen LogP contribution in [0.2, 0.25) is 0 Å². The highest BCUT2D eigenvalue weighted by molar-refractivity contribution is 9.10. The van der Waals surface area contributed by atoms with E-state index < -0.39 is 6.10 Å². The fourth-order valence-corrected chi connectivity index (χ4v) is 4.72. The first-order valence-electron chi connectivity index (χ1n) is 9.56. The Labute approximate surface area is 188 Å². The SMILES string of the molecule is C=CCOc1cc(OCc2ccccc2)c(Br)cc1C(O)c1cc2ccccc2s1. The number of hydrogen-bond donors (Lipinski definition) is 1. The molecule has 30 heavy (non-hydrogen) atoms. The van der Waals surface area contributed by atoms with Gasteiger partial charge in [-0.25, -0.2) is 0 Å². The van der Waals surface area contributed by atoms with Crippen LogP contribution in [0.1, 0.15) is 22.1 Å². The van der Waals surface area contributed by atoms with Crippen molar-refractivity contribution in [2.24, 2.45) is 0 Å². The number of fused-ring (bicyclic) bond motifs is 1. The normalized spacial score (nSPS) is 11.9. The van der Waals surface area contributed by atoms with Crippen LogP contribution in [-0.4, -0.2) is 11.7 Å². The molecule has 5 heteroatoms. The van der Waals surface area contributed by atoms with E-state index in [0.29, 0.717) is 30.3 Å². The Kier molecular flexibility index (Phi) is 6.53. The molecule has 0 bridgehead atoms. The summed E-state index contributed by atoms with van der Waals surface area (Å²) in [5.41, 5.74) is 1.76. The summed E-state index contributed by atoms with van der Waals surface area (Å²) in [7, 11) is 0. The molecule has 4 aromatic rings. The number of thiophene rings is 1. The second-order valence-electron chi connectivity index (χ2n) is 6.78. The molecule has 152 valence electrons. The monoisotopic (exact) mass is 480 g/mol. The first kappa shape index (κ1) is 20.7. The summed E-state index contributed by atoms with van der Waals surface area (Å²) in [6.07, 6.45) is 0.879. The molecule has 0 aliphatic carbocycles. The quantitative estimate of drug-likeness (QED) is 0.279. The lowest BCUT2D eigenvalue weighted by molar-refractivity contribution is 0.216. The third-order valence-electron chi connectivity index (χ3n) is 4.67. The summed E-state index contributed by atoms with van der Waals surface area (Å²) in [6.45, 7) is 4.51. The van der Waals surface area contributed by atoms with Crippen molar-refractivity contribution in [1.29, 1.82) is 0 Å². The highest BCUT2D eigenvalue weighted by atomic mass is 79.9. The average molecular weight is 481 g/mol. The lowest BCUT2D eigenvalue weighted by Gasteiger charge is -2.18. The summed E-state index contributed by atoms with van der Waals surface area (Å²) >= 11 is 5.17. The number of rotatable bonds is 8. The van der Waals surface area contributed by atoms with Crippen molar-refractivity contribution in [2.45, 2.75) is 12.7 Å². The van der Waals surface area contributed by atoms with Crippen LogP contribution in [0.3, 0.4) is 0 Å². The van der Waals surface area contributed by atoms with Crippen LogP contribution < -0.4 is 9.47 Å². The van der Waals surface area contributed by atoms with Gasteiger partial charge in [0.2, 0.25) is 0 Å². The summed E-state index contributed by atoms with van der Waals surface area (Å²) in [6, 6.07) is 23.8. The Balaban J connectivity index is 1.65. The Bertz CT molecular complexity index is 1120. The third-order valence-corrected chi connectivity index (χ3v) is 6.46. The van der Waals surface area contributed by atoms with E-state index in [0.717, 1.165) is 25.0 Å². The molecule has 0 saturated heterocycles. The van der Waals surface area contributed by atoms with Gasteiger partial charge in [0.1, 0.15) is 30.8 Å². The molecule has 0 saturated carbocycles. The third kappa shape index (κ3) is 4.59. The smallest absolute Gasteiger partial charge is 0.137 e. The standard InChI is InChI=1S/C25H21BrO3S/c1-2-12-28-21-15-22(29-16-17-8-4-3-5-9-17)20(26)14-19(21)25(27)24-13-18-10-6-7-11-23(18)30-24/h2-11,13-15,25,27H,1,12,16H2. The van der Waals surface area contributed by atoms with Gasteiger partial charge in [-0.05, 0) is 45.1 Å². The maximum Gasteiger partial charge on any atom is 0.137 e. The van der Waals surface area contributed by atoms with Gasteiger partial charge in [-0.1, -0.05) is 61.2 Å². The Hall–Kier alpha value is -2.60. The largest absolute Gasteiger partial charge is 0.489 e. The van der Waals surface area contributed by atoms with Crippen LogP contribution in [0.4, 0.5) is 0 Å². The van der Waals surface area contributed by atoms with Crippen LogP contribution >= 0.6 is 27.3 Å². The van der Waals surface area contributed by atoms with Crippen LogP contribution in [0.5, 0.6) is 11.5 Å². The lowest BCUT2D eigenvalue weighted by atomic mass is 10.1. The van der Waals surface area contributed by atoms with Gasteiger partial charge in [-0.3, -0.25) is 0 Å². The van der Waals surface area contributed by atoms with E-state index in [1.165, 1.54) is 0 Å². The molecule has 0 spiro atoms. The van der Waals surface area contributed by atoms with Crippen LogP contribution in [0, 0.1) is 0 Å². The van der Waals surface area contributed by atoms with E-state index in [1.54, 1.807) is 17.4 Å². The van der Waals surface area contributed by atoms with Crippen molar-refractivity contribution in [3.05, 3.63) is 106 Å². The van der Waals surface area contributed by atoms with E-state index in [1.807, 2.05) is 66.7 Å². The van der Waals surface area contributed by atoms with Gasteiger partial charge in [-0.15, -0.1) is 11.3 Å². The van der Waals surface area contributed by atoms with Crippen molar-refractivity contribution in [1.82, 2.24) is 0 Å². The van der Waals surface area contributed by atoms with E-state index in [4.69, 9.17) is 9.47 Å². The van der Waals surface area contributed by atoms with Gasteiger partial charge in [0.15, 0.2) is 0 Å². The molecule has 4 rings (SSSR count). The van der Waals surface area contributed by atoms with Crippen LogP contribution in [-0.2, 0) is 6.61 Å². The van der Waals surface area contributed by atoms with Crippen molar-refractivity contribution in [3.63, 3.8) is 0 Å².